The van der Waals surface area contributed by atoms with Crippen LogP contribution in [0.2, 0.25) is 5.02 Å². The number of methoxy groups -OCH3 is 1. The topological polar surface area (TPSA) is 131 Å². The van der Waals surface area contributed by atoms with Crippen LogP contribution in [0, 0.1) is 5.92 Å². The lowest BCUT2D eigenvalue weighted by Gasteiger charge is -2.20. The van der Waals surface area contributed by atoms with Crippen molar-refractivity contribution in [3.63, 3.8) is 0 Å². The summed E-state index contributed by atoms with van der Waals surface area (Å²) in [6.45, 7) is 3.53. The van der Waals surface area contributed by atoms with Crippen LogP contribution in [0.3, 0.4) is 0 Å². The van der Waals surface area contributed by atoms with Crippen LogP contribution in [0.5, 0.6) is 0 Å². The van der Waals surface area contributed by atoms with E-state index in [1.807, 2.05) is 13.8 Å². The number of carbonyl (C=O) groups is 3. The molecule has 0 aliphatic carbocycles. The maximum absolute atomic E-state index is 12.8. The van der Waals surface area contributed by atoms with Crippen molar-refractivity contribution in [2.75, 3.05) is 13.7 Å². The second kappa shape index (κ2) is 12.5. The van der Waals surface area contributed by atoms with Crippen LogP contribution in [-0.4, -0.2) is 45.9 Å². The van der Waals surface area contributed by atoms with E-state index < -0.39 is 27.9 Å². The summed E-state index contributed by atoms with van der Waals surface area (Å²) in [5, 5.41) is 5.66. The number of ether oxygens (including phenoxy) is 1. The molecule has 2 aromatic rings. The molecule has 3 N–H and O–H groups in total. The van der Waals surface area contributed by atoms with Gasteiger partial charge in [0, 0.05) is 17.1 Å². The number of carbonyl (C=O) groups excluding carboxylic acids is 3. The monoisotopic (exact) mass is 509 g/mol. The van der Waals surface area contributed by atoms with E-state index in [4.69, 9.17) is 11.6 Å². The molecule has 0 unspecified atom stereocenters. The number of amides is 2. The van der Waals surface area contributed by atoms with Gasteiger partial charge in [-0.15, -0.1) is 0 Å². The Bertz CT molecular complexity index is 1100. The molecule has 9 nitrogen and oxygen atoms in total. The summed E-state index contributed by atoms with van der Waals surface area (Å²) in [7, 11) is -2.83. The van der Waals surface area contributed by atoms with Gasteiger partial charge in [0.25, 0.3) is 5.91 Å². The third kappa shape index (κ3) is 8.44. The molecule has 0 aromatic heterocycles. The van der Waals surface area contributed by atoms with Gasteiger partial charge in [-0.3, -0.25) is 14.4 Å². The molecular formula is C23H28ClN3O6S. The average Bonchev–Trinajstić information content (AvgIpc) is 2.80. The molecule has 2 rings (SSSR count). The molecule has 0 aliphatic heterocycles. The van der Waals surface area contributed by atoms with Gasteiger partial charge in [0.1, 0.15) is 12.6 Å². The Labute approximate surface area is 204 Å². The Balaban J connectivity index is 2.03. The maximum atomic E-state index is 12.8. The van der Waals surface area contributed by atoms with Gasteiger partial charge in [-0.25, -0.2) is 8.42 Å². The highest BCUT2D eigenvalue weighted by Crippen LogP contribution is 2.14. The van der Waals surface area contributed by atoms with Crippen LogP contribution >= 0.6 is 11.6 Å². The number of benzene rings is 2. The molecule has 2 amide bonds. The largest absolute Gasteiger partial charge is 0.468 e. The molecule has 0 spiro atoms. The fraction of sp³-hybridized carbons (Fsp3) is 0.348. The van der Waals surface area contributed by atoms with E-state index in [0.717, 1.165) is 0 Å². The highest BCUT2D eigenvalue weighted by Gasteiger charge is 2.27. The first-order valence-corrected chi connectivity index (χ1v) is 12.4. The van der Waals surface area contributed by atoms with Gasteiger partial charge >= 0.3 is 5.97 Å². The van der Waals surface area contributed by atoms with E-state index in [2.05, 4.69) is 20.1 Å². The number of sulfonamides is 1. The zero-order chi connectivity index (χ0) is 25.3. The summed E-state index contributed by atoms with van der Waals surface area (Å²) >= 11 is 5.82. The summed E-state index contributed by atoms with van der Waals surface area (Å²) < 4.78 is 32.6. The van der Waals surface area contributed by atoms with Gasteiger partial charge < -0.3 is 15.4 Å². The molecule has 1 atom stereocenters. The van der Waals surface area contributed by atoms with Crippen molar-refractivity contribution in [3.05, 3.63) is 64.7 Å². The van der Waals surface area contributed by atoms with Gasteiger partial charge in [0.2, 0.25) is 15.9 Å². The van der Waals surface area contributed by atoms with E-state index in [1.54, 1.807) is 36.4 Å². The van der Waals surface area contributed by atoms with E-state index in [-0.39, 0.29) is 36.2 Å². The second-order valence-electron chi connectivity index (χ2n) is 7.93. The van der Waals surface area contributed by atoms with Gasteiger partial charge in [-0.05, 0) is 54.3 Å². The summed E-state index contributed by atoms with van der Waals surface area (Å²) in [6.07, 6.45) is 0.237. The lowest BCUT2D eigenvalue weighted by Crippen LogP contribution is -2.48. The molecule has 184 valence electrons. The summed E-state index contributed by atoms with van der Waals surface area (Å²) in [6, 6.07) is 11.3. The Morgan fingerprint density at radius 2 is 1.59 bits per heavy atom. The molecule has 0 bridgehead atoms. The molecule has 34 heavy (non-hydrogen) atoms. The van der Waals surface area contributed by atoms with Crippen LogP contribution in [0.15, 0.2) is 53.4 Å². The Morgan fingerprint density at radius 3 is 2.15 bits per heavy atom. The predicted molar refractivity (Wildman–Crippen MR) is 128 cm³/mol. The molecule has 0 heterocycles. The fourth-order valence-electron chi connectivity index (χ4n) is 2.96. The van der Waals surface area contributed by atoms with Crippen molar-refractivity contribution in [1.82, 2.24) is 15.4 Å². The number of hydrogen-bond acceptors (Lipinski definition) is 6. The van der Waals surface area contributed by atoms with Crippen molar-refractivity contribution in [2.24, 2.45) is 5.92 Å². The number of rotatable bonds is 11. The summed E-state index contributed by atoms with van der Waals surface area (Å²) in [5.74, 6) is -1.53. The minimum Gasteiger partial charge on any atom is -0.468 e. The van der Waals surface area contributed by atoms with Crippen molar-refractivity contribution < 1.29 is 27.5 Å². The molecule has 0 saturated heterocycles. The van der Waals surface area contributed by atoms with Crippen molar-refractivity contribution in [1.29, 1.82) is 0 Å². The van der Waals surface area contributed by atoms with Crippen molar-refractivity contribution >= 4 is 39.4 Å². The molecule has 0 saturated carbocycles. The zero-order valence-corrected chi connectivity index (χ0v) is 20.7. The number of nitrogens with one attached hydrogen (secondary N) is 3. The molecule has 0 radical (unpaired) electrons. The quantitative estimate of drug-likeness (QED) is 0.398. The average molecular weight is 510 g/mol. The second-order valence-corrected chi connectivity index (χ2v) is 10.1. The van der Waals surface area contributed by atoms with E-state index in [1.165, 1.54) is 19.2 Å². The third-order valence-electron chi connectivity index (χ3n) is 4.75. The van der Waals surface area contributed by atoms with Crippen LogP contribution < -0.4 is 15.4 Å². The SMILES string of the molecule is COC(=O)CNC(=O)[C@H](CC(C)C)NS(=O)(=O)c1ccc(CNC(=O)c2ccc(Cl)cc2)cc1. The highest BCUT2D eigenvalue weighted by atomic mass is 35.5. The molecule has 0 fully saturated rings. The Morgan fingerprint density at radius 1 is 0.971 bits per heavy atom. The maximum Gasteiger partial charge on any atom is 0.325 e. The zero-order valence-electron chi connectivity index (χ0n) is 19.1. The number of halogens is 1. The normalized spacial score (nSPS) is 12.1. The highest BCUT2D eigenvalue weighted by molar-refractivity contribution is 7.89. The van der Waals surface area contributed by atoms with E-state index in [9.17, 15) is 22.8 Å². The van der Waals surface area contributed by atoms with E-state index >= 15 is 0 Å². The predicted octanol–water partition coefficient (Wildman–Crippen LogP) is 2.25. The summed E-state index contributed by atoms with van der Waals surface area (Å²) in [5.41, 5.74) is 1.14. The Hall–Kier alpha value is -2.95. The molecular weight excluding hydrogens is 482 g/mol. The minimum absolute atomic E-state index is 0.0169. The standard InChI is InChI=1S/C23H28ClN3O6S/c1-15(2)12-20(23(30)26-14-21(28)33-3)27-34(31,32)19-10-4-16(5-11-19)13-25-22(29)17-6-8-18(24)9-7-17/h4-11,15,20,27H,12-14H2,1-3H3,(H,25,29)(H,26,30)/t20-/m0/s1. The van der Waals surface area contributed by atoms with Crippen LogP contribution in [-0.2, 0) is 30.9 Å². The smallest absolute Gasteiger partial charge is 0.325 e. The van der Waals surface area contributed by atoms with Gasteiger partial charge in [-0.2, -0.15) is 4.72 Å². The molecule has 11 heteroatoms. The van der Waals surface area contributed by atoms with Crippen molar-refractivity contribution in [3.8, 4) is 0 Å². The van der Waals surface area contributed by atoms with Crippen LogP contribution in [0.25, 0.3) is 0 Å². The van der Waals surface area contributed by atoms with Gasteiger partial charge in [0.05, 0.1) is 12.0 Å². The number of esters is 1. The molecule has 0 aliphatic rings. The first kappa shape index (κ1) is 27.3. The lowest BCUT2D eigenvalue weighted by atomic mass is 10.0. The third-order valence-corrected chi connectivity index (χ3v) is 6.49. The van der Waals surface area contributed by atoms with Gasteiger partial charge in [0.15, 0.2) is 0 Å². The van der Waals surface area contributed by atoms with Crippen molar-refractivity contribution in [2.45, 2.75) is 37.8 Å². The minimum atomic E-state index is -4.02. The first-order chi connectivity index (χ1) is 16.0. The van der Waals surface area contributed by atoms with Crippen LogP contribution in [0.1, 0.15) is 36.2 Å². The van der Waals surface area contributed by atoms with E-state index in [0.29, 0.717) is 16.1 Å². The molecule has 2 aromatic carbocycles. The fourth-order valence-corrected chi connectivity index (χ4v) is 4.30. The number of hydrogen-bond donors (Lipinski definition) is 3. The lowest BCUT2D eigenvalue weighted by molar-refractivity contribution is -0.141. The van der Waals surface area contributed by atoms with Gasteiger partial charge in [-0.1, -0.05) is 37.6 Å². The summed E-state index contributed by atoms with van der Waals surface area (Å²) in [4.78, 5) is 35.9. The van der Waals surface area contributed by atoms with Crippen LogP contribution in [0.4, 0.5) is 0 Å². The first-order valence-electron chi connectivity index (χ1n) is 10.5. The Kier molecular flexibility index (Phi) is 10.0.